The lowest BCUT2D eigenvalue weighted by molar-refractivity contribution is 0.00552. The molecule has 452 valence electrons. The van der Waals surface area contributed by atoms with Crippen LogP contribution in [0, 0.1) is 71.0 Å². The van der Waals surface area contributed by atoms with Gasteiger partial charge in [0, 0.05) is 33.9 Å². The first-order chi connectivity index (χ1) is 40.6. The first-order valence-corrected chi connectivity index (χ1v) is 38.8. The molecule has 13 rings (SSSR count). The summed E-state index contributed by atoms with van der Waals surface area (Å²) >= 11 is 4.70. The Bertz CT molecular complexity index is 2030. The Hall–Kier alpha value is -2.04. The van der Waals surface area contributed by atoms with E-state index in [0.717, 1.165) is 107 Å². The Morgan fingerprint density at radius 1 is 0.232 bits per heavy atom. The summed E-state index contributed by atoms with van der Waals surface area (Å²) in [4.78, 5) is 9.96. The fourth-order valence-electron chi connectivity index (χ4n) is 21.1. The molecule has 4 heteroatoms. The van der Waals surface area contributed by atoms with Crippen molar-refractivity contribution < 1.29 is 0 Å². The van der Waals surface area contributed by atoms with Gasteiger partial charge in [0.15, 0.2) is 0 Å². The molecule has 0 bridgehead atoms. The van der Waals surface area contributed by atoms with Gasteiger partial charge in [-0.15, -0.1) is 22.7 Å². The second-order valence-electron chi connectivity index (χ2n) is 30.8. The van der Waals surface area contributed by atoms with Gasteiger partial charge in [0.2, 0.25) is 0 Å². The summed E-state index contributed by atoms with van der Waals surface area (Å²) in [6, 6.07) is 13.9. The molecule has 2 aromatic heterocycles. The normalized spacial score (nSPS) is 37.4. The zero-order valence-corrected chi connectivity index (χ0v) is 53.8. The molecule has 4 atom stereocenters. The summed E-state index contributed by atoms with van der Waals surface area (Å²) < 4.78 is 0. The monoisotopic (exact) mass is 1150 g/mol. The summed E-state index contributed by atoms with van der Waals surface area (Å²) in [6.45, 7) is 0. The number of allylic oxidation sites excluding steroid dienone is 8. The van der Waals surface area contributed by atoms with Crippen molar-refractivity contribution in [3.05, 3.63) is 82.6 Å². The van der Waals surface area contributed by atoms with Crippen LogP contribution < -0.4 is 9.80 Å². The summed E-state index contributed by atoms with van der Waals surface area (Å²) in [7, 11) is 0. The molecular formula is C78H118N2S2. The minimum absolute atomic E-state index is 0.717. The van der Waals surface area contributed by atoms with Crippen LogP contribution in [-0.4, -0.2) is 24.2 Å². The molecule has 2 heterocycles. The lowest BCUT2D eigenvalue weighted by atomic mass is 9.50. The van der Waals surface area contributed by atoms with Crippen molar-refractivity contribution >= 4 is 32.7 Å². The smallest absolute Gasteiger partial charge is 0.0916 e. The van der Waals surface area contributed by atoms with Crippen LogP contribution in [0.3, 0.4) is 0 Å². The van der Waals surface area contributed by atoms with E-state index in [1.807, 2.05) is 9.75 Å². The third-order valence-electron chi connectivity index (χ3n) is 25.7. The first-order valence-electron chi connectivity index (χ1n) is 37.1. The quantitative estimate of drug-likeness (QED) is 0.155. The van der Waals surface area contributed by atoms with E-state index in [4.69, 9.17) is 0 Å². The highest BCUT2D eigenvalue weighted by Crippen LogP contribution is 2.64. The van der Waals surface area contributed by atoms with E-state index in [9.17, 15) is 0 Å². The molecule has 4 unspecified atom stereocenters. The van der Waals surface area contributed by atoms with Crippen molar-refractivity contribution in [2.45, 2.75) is 319 Å². The van der Waals surface area contributed by atoms with Crippen LogP contribution in [0.4, 0.5) is 10.0 Å². The Balaban J connectivity index is 0.734. The summed E-state index contributed by atoms with van der Waals surface area (Å²) in [5.74, 6) is 11.6. The maximum absolute atomic E-state index is 3.15. The van der Waals surface area contributed by atoms with E-state index in [-0.39, 0.29) is 0 Å². The van der Waals surface area contributed by atoms with Gasteiger partial charge in [-0.2, -0.15) is 0 Å². The van der Waals surface area contributed by atoms with Crippen LogP contribution in [0.2, 0.25) is 0 Å². The maximum atomic E-state index is 3.15. The average Bonchev–Trinajstić information content (AvgIpc) is 3.80. The van der Waals surface area contributed by atoms with Crippen LogP contribution in [0.15, 0.2) is 72.9 Å². The molecule has 0 spiro atoms. The molecule has 82 heavy (non-hydrogen) atoms. The van der Waals surface area contributed by atoms with Crippen LogP contribution in [0.5, 0.6) is 0 Å². The number of anilines is 2. The number of fused-ring (bicyclic) bond motifs is 2. The van der Waals surface area contributed by atoms with Gasteiger partial charge < -0.3 is 9.80 Å². The van der Waals surface area contributed by atoms with Gasteiger partial charge in [0.05, 0.1) is 10.0 Å². The number of rotatable bonds is 16. The second kappa shape index (κ2) is 29.3. The zero-order chi connectivity index (χ0) is 54.9. The second-order valence-corrected chi connectivity index (χ2v) is 33.0. The Morgan fingerprint density at radius 3 is 0.671 bits per heavy atom. The van der Waals surface area contributed by atoms with E-state index in [1.54, 1.807) is 10.0 Å². The van der Waals surface area contributed by atoms with Gasteiger partial charge in [0.25, 0.3) is 0 Å². The highest BCUT2D eigenvalue weighted by atomic mass is 32.1. The van der Waals surface area contributed by atoms with Crippen molar-refractivity contribution in [1.29, 1.82) is 0 Å². The minimum Gasteiger partial charge on any atom is -0.357 e. The Morgan fingerprint density at radius 2 is 0.439 bits per heavy atom. The lowest BCUT2D eigenvalue weighted by Gasteiger charge is -2.55. The third-order valence-corrected chi connectivity index (χ3v) is 28.1. The lowest BCUT2D eigenvalue weighted by Crippen LogP contribution is -2.46. The summed E-state index contributed by atoms with van der Waals surface area (Å²) in [5.41, 5.74) is 0. The topological polar surface area (TPSA) is 6.48 Å². The SMILES string of the molecule is C(=CC1CCC(N(c2ccc(C3C4CCCCC4C(c4ccc(N(C5CCC(C=CC6CCCCC6)CC5)C5CCC(C=CC6CCCCC6)CC5)s4)C4CCCCC43)s2)C2CCC(C=CC3CCCCC3)CC2)CC1)C1CCCCC1. The van der Waals surface area contributed by atoms with Gasteiger partial charge >= 0.3 is 0 Å². The fraction of sp³-hybridized carbons (Fsp3) is 0.795. The molecule has 0 aliphatic heterocycles. The Labute approximate surface area is 511 Å². The van der Waals surface area contributed by atoms with Gasteiger partial charge in [-0.25, -0.2) is 0 Å². The van der Waals surface area contributed by atoms with Crippen molar-refractivity contribution in [2.75, 3.05) is 9.80 Å². The van der Waals surface area contributed by atoms with E-state index in [1.165, 1.54) is 283 Å². The molecule has 11 aliphatic rings. The van der Waals surface area contributed by atoms with Crippen LogP contribution in [-0.2, 0) is 0 Å². The zero-order valence-electron chi connectivity index (χ0n) is 52.1. The number of hydrogen-bond acceptors (Lipinski definition) is 4. The molecular weight excluding hydrogens is 1030 g/mol. The van der Waals surface area contributed by atoms with Crippen molar-refractivity contribution in [1.82, 2.24) is 0 Å². The van der Waals surface area contributed by atoms with Crippen LogP contribution in [0.25, 0.3) is 0 Å². The average molecular weight is 1150 g/mol. The van der Waals surface area contributed by atoms with Crippen LogP contribution in [0.1, 0.15) is 304 Å². The molecule has 0 saturated heterocycles. The van der Waals surface area contributed by atoms with E-state index in [0.29, 0.717) is 0 Å². The summed E-state index contributed by atoms with van der Waals surface area (Å²) in [5, 5.41) is 3.37. The van der Waals surface area contributed by atoms with Crippen molar-refractivity contribution in [2.24, 2.45) is 71.0 Å². The number of nitrogens with zero attached hydrogens (tertiary/aromatic N) is 2. The minimum atomic E-state index is 0.717. The molecule has 0 radical (unpaired) electrons. The molecule has 0 amide bonds. The highest BCUT2D eigenvalue weighted by molar-refractivity contribution is 7.16. The van der Waals surface area contributed by atoms with Crippen molar-refractivity contribution in [3.63, 3.8) is 0 Å². The van der Waals surface area contributed by atoms with Crippen molar-refractivity contribution in [3.8, 4) is 0 Å². The molecule has 0 aromatic carbocycles. The molecule has 2 nitrogen and oxygen atoms in total. The molecule has 11 fully saturated rings. The third kappa shape index (κ3) is 14.6. The van der Waals surface area contributed by atoms with Gasteiger partial charge in [0.1, 0.15) is 0 Å². The van der Waals surface area contributed by atoms with E-state index >= 15 is 0 Å². The number of thiophene rings is 2. The molecule has 11 aliphatic carbocycles. The fourth-order valence-corrected chi connectivity index (χ4v) is 23.9. The number of hydrogen-bond donors (Lipinski definition) is 0. The first kappa shape index (κ1) is 59.0. The highest BCUT2D eigenvalue weighted by Gasteiger charge is 2.53. The van der Waals surface area contributed by atoms with Crippen LogP contribution >= 0.6 is 22.7 Å². The molecule has 0 N–H and O–H groups in total. The van der Waals surface area contributed by atoms with E-state index in [2.05, 4.69) is 105 Å². The largest absolute Gasteiger partial charge is 0.357 e. The predicted octanol–water partition coefficient (Wildman–Crippen LogP) is 23.7. The summed E-state index contributed by atoms with van der Waals surface area (Å²) in [6.07, 6.45) is 84.8. The Kier molecular flexibility index (Phi) is 21.1. The maximum Gasteiger partial charge on any atom is 0.0916 e. The standard InChI is InChI=1S/C78H118N2S2/c1-5-17-57(18-6-1)29-33-61-37-45-65(46-38-61)79(66-47-39-62(40-48-66)34-30-58-19-7-2-8-20-58)75-55-53-73(81-75)77-69-25-13-15-27-71(69)78(72-28-16-14-26-70(72)77)74-54-56-76(82-74)80(67-49-41-63(42-50-67)35-31-59-21-9-3-10-22-59)68-51-43-64(44-52-68)36-32-60-23-11-4-12-24-60/h29-36,53-72,77-78H,1-28,37-52H2. The molecule has 11 saturated carbocycles. The van der Waals surface area contributed by atoms with Gasteiger partial charge in [-0.05, 0) is 287 Å². The molecule has 2 aromatic rings. The van der Waals surface area contributed by atoms with Gasteiger partial charge in [-0.3, -0.25) is 0 Å². The van der Waals surface area contributed by atoms with Gasteiger partial charge in [-0.1, -0.05) is 151 Å². The van der Waals surface area contributed by atoms with E-state index < -0.39 is 0 Å². The predicted molar refractivity (Wildman–Crippen MR) is 356 cm³/mol.